The number of hydrogen-bond acceptors (Lipinski definition) is 5. The number of nitrogens with one attached hydrogen (secondary N) is 1. The topological polar surface area (TPSA) is 83.4 Å². The molecule has 0 radical (unpaired) electrons. The molecule has 0 unspecified atom stereocenters. The second-order valence-corrected chi connectivity index (χ2v) is 8.56. The maximum absolute atomic E-state index is 12.6. The van der Waals surface area contributed by atoms with E-state index in [-0.39, 0.29) is 11.8 Å². The minimum Gasteiger partial charge on any atom is -0.337 e. The van der Waals surface area contributed by atoms with Crippen LogP contribution in [-0.2, 0) is 16.1 Å². The van der Waals surface area contributed by atoms with Gasteiger partial charge < -0.3 is 10.2 Å². The van der Waals surface area contributed by atoms with Crippen LogP contribution >= 0.6 is 0 Å². The molecule has 1 saturated heterocycles. The maximum Gasteiger partial charge on any atom is 0.246 e. The first-order chi connectivity index (χ1) is 16.5. The molecule has 1 aromatic heterocycles. The lowest BCUT2D eigenvalue weighted by Gasteiger charge is -2.33. The predicted octanol–water partition coefficient (Wildman–Crippen LogP) is 2.74. The van der Waals surface area contributed by atoms with Crippen LogP contribution in [0.15, 0.2) is 60.8 Å². The van der Waals surface area contributed by atoms with Crippen LogP contribution in [-0.4, -0.2) is 69.3 Å². The van der Waals surface area contributed by atoms with Gasteiger partial charge in [0, 0.05) is 37.9 Å². The third-order valence-corrected chi connectivity index (χ3v) is 6.07. The summed E-state index contributed by atoms with van der Waals surface area (Å²) in [5.41, 5.74) is 4.87. The zero-order chi connectivity index (χ0) is 23.9. The van der Waals surface area contributed by atoms with Crippen LogP contribution in [0.4, 0.5) is 5.69 Å². The fourth-order valence-electron chi connectivity index (χ4n) is 3.91. The van der Waals surface area contributed by atoms with E-state index in [1.165, 1.54) is 0 Å². The van der Waals surface area contributed by atoms with Crippen molar-refractivity contribution >= 4 is 23.6 Å². The summed E-state index contributed by atoms with van der Waals surface area (Å²) in [6.07, 6.45) is 5.06. The molecule has 0 spiro atoms. The quantitative estimate of drug-likeness (QED) is 0.551. The summed E-state index contributed by atoms with van der Waals surface area (Å²) in [5, 5.41) is 11.2. The molecule has 0 aliphatic carbocycles. The molecule has 34 heavy (non-hydrogen) atoms. The number of amides is 2. The Kier molecular flexibility index (Phi) is 7.49. The molecule has 3 aromatic rings. The summed E-state index contributed by atoms with van der Waals surface area (Å²) in [5.74, 6) is -0.0935. The van der Waals surface area contributed by atoms with Crippen molar-refractivity contribution in [2.75, 3.05) is 38.0 Å². The Bertz CT molecular complexity index is 1160. The minimum absolute atomic E-state index is 0.0352. The fraction of sp³-hybridized carbons (Fsp3) is 0.308. The van der Waals surface area contributed by atoms with Crippen LogP contribution in [0.25, 0.3) is 6.08 Å². The lowest BCUT2D eigenvalue weighted by atomic mass is 10.1. The van der Waals surface area contributed by atoms with Gasteiger partial charge in [-0.3, -0.25) is 14.5 Å². The van der Waals surface area contributed by atoms with Crippen LogP contribution in [0.2, 0.25) is 0 Å². The highest BCUT2D eigenvalue weighted by molar-refractivity contribution is 5.93. The Morgan fingerprint density at radius 2 is 1.76 bits per heavy atom. The summed E-state index contributed by atoms with van der Waals surface area (Å²) in [7, 11) is 0. The standard InChI is InChI=1S/C26H30N6O2/c1-20-7-6-10-24(21(20)2)27-25(33)19-30-13-15-31(16-14-30)26(34)12-11-23-18-32(29-28-23)17-22-8-4-3-5-9-22/h3-12,18H,13-17,19H2,1-2H3,(H,27,33)/b12-11+. The monoisotopic (exact) mass is 458 g/mol. The number of anilines is 1. The molecule has 176 valence electrons. The molecule has 8 nitrogen and oxygen atoms in total. The van der Waals surface area contributed by atoms with Gasteiger partial charge in [-0.15, -0.1) is 5.10 Å². The normalized spacial score (nSPS) is 14.5. The van der Waals surface area contributed by atoms with Crippen LogP contribution in [0.1, 0.15) is 22.4 Å². The smallest absolute Gasteiger partial charge is 0.246 e. The second kappa shape index (κ2) is 10.9. The Labute approximate surface area is 199 Å². The maximum atomic E-state index is 12.6. The lowest BCUT2D eigenvalue weighted by molar-refractivity contribution is -0.127. The highest BCUT2D eigenvalue weighted by Crippen LogP contribution is 2.18. The zero-order valence-electron chi connectivity index (χ0n) is 19.6. The summed E-state index contributed by atoms with van der Waals surface area (Å²) in [4.78, 5) is 28.9. The Morgan fingerprint density at radius 1 is 1.00 bits per heavy atom. The predicted molar refractivity (Wildman–Crippen MR) is 132 cm³/mol. The van der Waals surface area contributed by atoms with Crippen molar-refractivity contribution < 1.29 is 9.59 Å². The van der Waals surface area contributed by atoms with Gasteiger partial charge >= 0.3 is 0 Å². The number of aromatic nitrogens is 3. The molecule has 4 rings (SSSR count). The van der Waals surface area contributed by atoms with E-state index < -0.39 is 0 Å². The molecule has 2 amide bonds. The van der Waals surface area contributed by atoms with Crippen LogP contribution in [0, 0.1) is 13.8 Å². The van der Waals surface area contributed by atoms with E-state index >= 15 is 0 Å². The van der Waals surface area contributed by atoms with E-state index in [2.05, 4.69) is 20.5 Å². The van der Waals surface area contributed by atoms with Gasteiger partial charge in [-0.1, -0.05) is 47.7 Å². The summed E-state index contributed by atoms with van der Waals surface area (Å²) >= 11 is 0. The minimum atomic E-state index is -0.0582. The van der Waals surface area contributed by atoms with Crippen molar-refractivity contribution in [3.05, 3.63) is 83.2 Å². The van der Waals surface area contributed by atoms with Crippen LogP contribution in [0.3, 0.4) is 0 Å². The highest BCUT2D eigenvalue weighted by Gasteiger charge is 2.21. The number of carbonyl (C=O) groups is 2. The number of carbonyl (C=O) groups excluding carboxylic acids is 2. The highest BCUT2D eigenvalue weighted by atomic mass is 16.2. The van der Waals surface area contributed by atoms with Crippen molar-refractivity contribution in [1.29, 1.82) is 0 Å². The SMILES string of the molecule is Cc1cccc(NC(=O)CN2CCN(C(=O)/C=C/c3cn(Cc4ccccc4)nn3)CC2)c1C. The summed E-state index contributed by atoms with van der Waals surface area (Å²) in [6, 6.07) is 15.9. The lowest BCUT2D eigenvalue weighted by Crippen LogP contribution is -2.50. The number of piperazine rings is 1. The van der Waals surface area contributed by atoms with Gasteiger partial charge in [0.25, 0.3) is 0 Å². The number of rotatable bonds is 7. The molecule has 1 fully saturated rings. The molecule has 0 saturated carbocycles. The number of hydrogen-bond donors (Lipinski definition) is 1. The number of benzene rings is 2. The average Bonchev–Trinajstić information content (AvgIpc) is 3.29. The third kappa shape index (κ3) is 6.17. The van der Waals surface area contributed by atoms with Gasteiger partial charge in [0.2, 0.25) is 11.8 Å². The van der Waals surface area contributed by atoms with Crippen LogP contribution in [0.5, 0.6) is 0 Å². The first-order valence-corrected chi connectivity index (χ1v) is 11.5. The molecular weight excluding hydrogens is 428 g/mol. The van der Waals surface area contributed by atoms with E-state index in [1.807, 2.05) is 68.6 Å². The molecule has 0 atom stereocenters. The van der Waals surface area contributed by atoms with E-state index in [0.717, 1.165) is 22.4 Å². The number of aryl methyl sites for hydroxylation is 1. The van der Waals surface area contributed by atoms with E-state index in [0.29, 0.717) is 45.0 Å². The van der Waals surface area contributed by atoms with Crippen molar-refractivity contribution in [1.82, 2.24) is 24.8 Å². The fourth-order valence-corrected chi connectivity index (χ4v) is 3.91. The molecule has 8 heteroatoms. The first kappa shape index (κ1) is 23.4. The Balaban J connectivity index is 1.22. The van der Waals surface area contributed by atoms with Crippen molar-refractivity contribution in [3.63, 3.8) is 0 Å². The Morgan fingerprint density at radius 3 is 2.53 bits per heavy atom. The largest absolute Gasteiger partial charge is 0.337 e. The molecule has 2 aromatic carbocycles. The molecule has 0 bridgehead atoms. The molecule has 2 heterocycles. The molecule has 1 aliphatic heterocycles. The van der Waals surface area contributed by atoms with Gasteiger partial charge in [-0.25, -0.2) is 4.68 Å². The van der Waals surface area contributed by atoms with Crippen molar-refractivity contribution in [2.24, 2.45) is 0 Å². The van der Waals surface area contributed by atoms with Gasteiger partial charge in [0.15, 0.2) is 0 Å². The van der Waals surface area contributed by atoms with Crippen molar-refractivity contribution in [2.45, 2.75) is 20.4 Å². The molecular formula is C26H30N6O2. The van der Waals surface area contributed by atoms with Gasteiger partial charge in [-0.05, 0) is 42.7 Å². The molecule has 1 N–H and O–H groups in total. The van der Waals surface area contributed by atoms with Crippen molar-refractivity contribution in [3.8, 4) is 0 Å². The molecule has 1 aliphatic rings. The van der Waals surface area contributed by atoms with Gasteiger partial charge in [-0.2, -0.15) is 0 Å². The zero-order valence-corrected chi connectivity index (χ0v) is 19.6. The average molecular weight is 459 g/mol. The Hall–Kier alpha value is -3.78. The number of nitrogens with zero attached hydrogens (tertiary/aromatic N) is 5. The van der Waals surface area contributed by atoms with E-state index in [9.17, 15) is 9.59 Å². The van der Waals surface area contributed by atoms with Gasteiger partial charge in [0.1, 0.15) is 5.69 Å². The van der Waals surface area contributed by atoms with E-state index in [4.69, 9.17) is 0 Å². The first-order valence-electron chi connectivity index (χ1n) is 11.5. The van der Waals surface area contributed by atoms with E-state index in [1.54, 1.807) is 21.7 Å². The van der Waals surface area contributed by atoms with Crippen LogP contribution < -0.4 is 5.32 Å². The summed E-state index contributed by atoms with van der Waals surface area (Å²) < 4.78 is 1.75. The third-order valence-electron chi connectivity index (χ3n) is 6.07. The second-order valence-electron chi connectivity index (χ2n) is 8.56. The summed E-state index contributed by atoms with van der Waals surface area (Å²) in [6.45, 7) is 7.47. The van der Waals surface area contributed by atoms with Gasteiger partial charge in [0.05, 0.1) is 19.3 Å².